The average molecular weight is 410 g/mol. The molecule has 0 aliphatic heterocycles. The predicted octanol–water partition coefficient (Wildman–Crippen LogP) is 1.92. The van der Waals surface area contributed by atoms with Crippen LogP contribution in [0, 0.1) is 5.41 Å². The molecule has 0 aliphatic carbocycles. The van der Waals surface area contributed by atoms with Crippen LogP contribution in [0.2, 0.25) is 0 Å². The maximum atomic E-state index is 12.9. The highest BCUT2D eigenvalue weighted by Crippen LogP contribution is 2.16. The Bertz CT molecular complexity index is 1100. The smallest absolute Gasteiger partial charge is 0.343 e. The normalized spacial score (nSPS) is 11.1. The second kappa shape index (κ2) is 9.41. The number of nitrogens with zero attached hydrogens (tertiary/aromatic N) is 3. The Labute approximate surface area is 174 Å². The summed E-state index contributed by atoms with van der Waals surface area (Å²) in [6.45, 7) is 1.34. The summed E-state index contributed by atoms with van der Waals surface area (Å²) < 4.78 is 13.5. The van der Waals surface area contributed by atoms with E-state index in [2.05, 4.69) is 9.64 Å². The van der Waals surface area contributed by atoms with E-state index >= 15 is 0 Å². The maximum Gasteiger partial charge on any atom is 0.343 e. The molecule has 3 aromatic rings. The third-order valence-corrected chi connectivity index (χ3v) is 4.81. The maximum absolute atomic E-state index is 12.9. The summed E-state index contributed by atoms with van der Waals surface area (Å²) in [6.07, 6.45) is 0. The Morgan fingerprint density at radius 2 is 1.63 bits per heavy atom. The molecule has 8 nitrogen and oxygen atoms in total. The third kappa shape index (κ3) is 4.77. The van der Waals surface area contributed by atoms with Gasteiger partial charge in [0.25, 0.3) is 0 Å². The Hall–Kier alpha value is -3.39. The lowest BCUT2D eigenvalue weighted by Crippen LogP contribution is -2.30. The topological polar surface area (TPSA) is 89.5 Å². The molecule has 1 heterocycles. The van der Waals surface area contributed by atoms with Gasteiger partial charge in [0.2, 0.25) is 5.62 Å². The summed E-state index contributed by atoms with van der Waals surface area (Å²) in [5, 5.41) is 8.61. The summed E-state index contributed by atoms with van der Waals surface area (Å²) in [6, 6.07) is 14.3. The van der Waals surface area contributed by atoms with Crippen molar-refractivity contribution in [1.29, 1.82) is 5.41 Å². The van der Waals surface area contributed by atoms with Gasteiger partial charge in [-0.3, -0.25) is 10.2 Å². The molecule has 158 valence electrons. The number of benzene rings is 2. The number of ether oxygens (including phenoxy) is 2. The second-order valence-corrected chi connectivity index (χ2v) is 7.17. The van der Waals surface area contributed by atoms with E-state index in [0.717, 1.165) is 17.6 Å². The molecular formula is C22H26N4O4. The van der Waals surface area contributed by atoms with Crippen LogP contribution in [-0.4, -0.2) is 60.1 Å². The molecule has 2 aromatic carbocycles. The van der Waals surface area contributed by atoms with Crippen molar-refractivity contribution in [1.82, 2.24) is 14.0 Å². The molecule has 0 atom stereocenters. The van der Waals surface area contributed by atoms with Crippen molar-refractivity contribution in [3.8, 4) is 5.75 Å². The standard InChI is InChI=1S/C22H26N4O4/c1-24(2)12-13-25-18-6-4-5-7-19(18)26(22(25)23)14-20(27)16-8-10-17(11-9-16)30-15-21(28)29-3/h4-11,23H,12-15H2,1-3H3. The molecular weight excluding hydrogens is 384 g/mol. The quantitative estimate of drug-likeness (QED) is 0.430. The van der Waals surface area contributed by atoms with E-state index in [-0.39, 0.29) is 18.9 Å². The molecule has 0 saturated heterocycles. The van der Waals surface area contributed by atoms with Crippen molar-refractivity contribution < 1.29 is 19.1 Å². The van der Waals surface area contributed by atoms with Crippen LogP contribution in [0.3, 0.4) is 0 Å². The number of aromatic nitrogens is 2. The van der Waals surface area contributed by atoms with Crippen molar-refractivity contribution in [3.63, 3.8) is 0 Å². The highest BCUT2D eigenvalue weighted by molar-refractivity contribution is 5.96. The van der Waals surface area contributed by atoms with Crippen LogP contribution >= 0.6 is 0 Å². The Kier molecular flexibility index (Phi) is 6.68. The SMILES string of the molecule is COC(=O)COc1ccc(C(=O)Cn2c(=N)n(CCN(C)C)c3ccccc32)cc1. The molecule has 3 rings (SSSR count). The van der Waals surface area contributed by atoms with E-state index in [9.17, 15) is 9.59 Å². The van der Waals surface area contributed by atoms with Crippen LogP contribution in [0.25, 0.3) is 11.0 Å². The number of hydrogen-bond donors (Lipinski definition) is 1. The van der Waals surface area contributed by atoms with E-state index in [0.29, 0.717) is 23.5 Å². The van der Waals surface area contributed by atoms with Gasteiger partial charge < -0.3 is 23.5 Å². The number of hydrogen-bond acceptors (Lipinski definition) is 6. The van der Waals surface area contributed by atoms with Gasteiger partial charge in [-0.25, -0.2) is 4.79 Å². The molecule has 0 aliphatic rings. The molecule has 1 aromatic heterocycles. The number of rotatable bonds is 9. The van der Waals surface area contributed by atoms with Gasteiger partial charge >= 0.3 is 5.97 Å². The molecule has 0 unspecified atom stereocenters. The van der Waals surface area contributed by atoms with Crippen LogP contribution in [0.4, 0.5) is 0 Å². The molecule has 0 radical (unpaired) electrons. The van der Waals surface area contributed by atoms with Crippen molar-refractivity contribution in [2.45, 2.75) is 13.1 Å². The highest BCUT2D eigenvalue weighted by atomic mass is 16.6. The number of carbonyl (C=O) groups excluding carboxylic acids is 2. The van der Waals surface area contributed by atoms with E-state index in [4.69, 9.17) is 10.1 Å². The van der Waals surface area contributed by atoms with E-state index in [1.807, 2.05) is 42.9 Å². The Morgan fingerprint density at radius 3 is 2.23 bits per heavy atom. The van der Waals surface area contributed by atoms with Crippen LogP contribution in [-0.2, 0) is 22.6 Å². The largest absolute Gasteiger partial charge is 0.482 e. The van der Waals surface area contributed by atoms with Crippen LogP contribution in [0.15, 0.2) is 48.5 Å². The predicted molar refractivity (Wildman–Crippen MR) is 113 cm³/mol. The second-order valence-electron chi connectivity index (χ2n) is 7.17. The zero-order chi connectivity index (χ0) is 21.7. The Morgan fingerprint density at radius 1 is 1.00 bits per heavy atom. The molecule has 0 fully saturated rings. The number of likely N-dealkylation sites (N-methyl/N-ethyl adjacent to an activating group) is 1. The molecule has 0 spiro atoms. The minimum absolute atomic E-state index is 0.0661. The highest BCUT2D eigenvalue weighted by Gasteiger charge is 2.15. The number of nitrogens with one attached hydrogen (secondary N) is 1. The molecule has 8 heteroatoms. The van der Waals surface area contributed by atoms with Gasteiger partial charge in [-0.2, -0.15) is 0 Å². The number of carbonyl (C=O) groups is 2. The van der Waals surface area contributed by atoms with Crippen molar-refractivity contribution in [2.24, 2.45) is 0 Å². The number of ketones is 1. The van der Waals surface area contributed by atoms with Gasteiger partial charge in [-0.15, -0.1) is 0 Å². The third-order valence-electron chi connectivity index (χ3n) is 4.81. The number of methoxy groups -OCH3 is 1. The first-order valence-electron chi connectivity index (χ1n) is 9.61. The lowest BCUT2D eigenvalue weighted by molar-refractivity contribution is -0.142. The lowest BCUT2D eigenvalue weighted by atomic mass is 10.1. The van der Waals surface area contributed by atoms with Crippen molar-refractivity contribution in [2.75, 3.05) is 34.4 Å². The van der Waals surface area contributed by atoms with E-state index < -0.39 is 5.97 Å². The summed E-state index contributed by atoms with van der Waals surface area (Å²) >= 11 is 0. The lowest BCUT2D eigenvalue weighted by Gasteiger charge is -2.10. The van der Waals surface area contributed by atoms with Crippen LogP contribution in [0.5, 0.6) is 5.75 Å². The summed E-state index contributed by atoms with van der Waals surface area (Å²) in [5.41, 5.74) is 2.60. The molecule has 0 saturated carbocycles. The van der Waals surface area contributed by atoms with Gasteiger partial charge in [0.15, 0.2) is 12.4 Å². The zero-order valence-electron chi connectivity index (χ0n) is 17.4. The average Bonchev–Trinajstić information content (AvgIpc) is 3.01. The zero-order valence-corrected chi connectivity index (χ0v) is 17.4. The first-order chi connectivity index (χ1) is 14.4. The summed E-state index contributed by atoms with van der Waals surface area (Å²) in [4.78, 5) is 26.1. The monoisotopic (exact) mass is 410 g/mol. The number of fused-ring (bicyclic) bond motifs is 1. The van der Waals surface area contributed by atoms with Crippen molar-refractivity contribution in [3.05, 3.63) is 59.7 Å². The van der Waals surface area contributed by atoms with Gasteiger partial charge in [0.05, 0.1) is 24.7 Å². The van der Waals surface area contributed by atoms with E-state index in [1.165, 1.54) is 7.11 Å². The summed E-state index contributed by atoms with van der Waals surface area (Å²) in [7, 11) is 5.28. The molecule has 0 amide bonds. The minimum Gasteiger partial charge on any atom is -0.482 e. The number of esters is 1. The molecule has 30 heavy (non-hydrogen) atoms. The molecule has 1 N–H and O–H groups in total. The fourth-order valence-electron chi connectivity index (χ4n) is 3.15. The number of Topliss-reactive ketones (excluding diaryl/α,β-unsaturated/α-hetero) is 1. The van der Waals surface area contributed by atoms with Crippen LogP contribution in [0.1, 0.15) is 10.4 Å². The van der Waals surface area contributed by atoms with E-state index in [1.54, 1.807) is 28.8 Å². The van der Waals surface area contributed by atoms with Gasteiger partial charge in [0.1, 0.15) is 5.75 Å². The first-order valence-corrected chi connectivity index (χ1v) is 9.61. The van der Waals surface area contributed by atoms with Gasteiger partial charge in [-0.05, 0) is 50.5 Å². The number of imidazole rings is 1. The fourth-order valence-corrected chi connectivity index (χ4v) is 3.15. The van der Waals surface area contributed by atoms with Gasteiger partial charge in [0, 0.05) is 18.7 Å². The number of para-hydroxylation sites is 2. The Balaban J connectivity index is 1.80. The van der Waals surface area contributed by atoms with Gasteiger partial charge in [-0.1, -0.05) is 12.1 Å². The molecule has 0 bridgehead atoms. The van der Waals surface area contributed by atoms with Crippen LogP contribution < -0.4 is 10.4 Å². The fraction of sp³-hybridized carbons (Fsp3) is 0.318. The minimum atomic E-state index is -0.472. The van der Waals surface area contributed by atoms with Crippen molar-refractivity contribution >= 4 is 22.8 Å². The first kappa shape index (κ1) is 21.3. The summed E-state index contributed by atoms with van der Waals surface area (Å²) in [5.74, 6) is -0.102.